The Morgan fingerprint density at radius 2 is 2.40 bits per heavy atom. The molecule has 0 amide bonds. The van der Waals surface area contributed by atoms with E-state index in [1.165, 1.54) is 12.3 Å². The SMILES string of the molecule is C#CCC(O)c1cc(F)c2oncc2c1. The molecule has 0 aliphatic carbocycles. The Kier molecular flexibility index (Phi) is 2.40. The van der Waals surface area contributed by atoms with E-state index in [1.807, 2.05) is 0 Å². The fourth-order valence-corrected chi connectivity index (χ4v) is 1.39. The number of hydrogen-bond acceptors (Lipinski definition) is 3. The number of nitrogens with zero attached hydrogens (tertiary/aromatic N) is 1. The van der Waals surface area contributed by atoms with Crippen molar-refractivity contribution in [2.75, 3.05) is 0 Å². The summed E-state index contributed by atoms with van der Waals surface area (Å²) >= 11 is 0. The van der Waals surface area contributed by atoms with Crippen LogP contribution in [0.4, 0.5) is 4.39 Å². The Hall–Kier alpha value is -1.86. The molecule has 4 heteroatoms. The molecule has 0 radical (unpaired) electrons. The van der Waals surface area contributed by atoms with Gasteiger partial charge in [0.2, 0.25) is 5.58 Å². The first-order chi connectivity index (χ1) is 7.22. The van der Waals surface area contributed by atoms with Gasteiger partial charge in [0.25, 0.3) is 0 Å². The van der Waals surface area contributed by atoms with Crippen LogP contribution in [0.2, 0.25) is 0 Å². The van der Waals surface area contributed by atoms with Crippen LogP contribution in [0.15, 0.2) is 22.9 Å². The number of hydrogen-bond donors (Lipinski definition) is 1. The van der Waals surface area contributed by atoms with Gasteiger partial charge in [0.05, 0.1) is 12.3 Å². The number of benzene rings is 1. The van der Waals surface area contributed by atoms with Crippen molar-refractivity contribution >= 4 is 11.0 Å². The van der Waals surface area contributed by atoms with E-state index in [-0.39, 0.29) is 12.0 Å². The zero-order valence-electron chi connectivity index (χ0n) is 7.77. The van der Waals surface area contributed by atoms with E-state index in [0.29, 0.717) is 10.9 Å². The van der Waals surface area contributed by atoms with Gasteiger partial charge in [-0.3, -0.25) is 0 Å². The summed E-state index contributed by atoms with van der Waals surface area (Å²) in [6, 6.07) is 2.81. The third-order valence-electron chi connectivity index (χ3n) is 2.13. The number of terminal acetylenes is 1. The summed E-state index contributed by atoms with van der Waals surface area (Å²) < 4.78 is 18.1. The normalized spacial score (nSPS) is 12.6. The van der Waals surface area contributed by atoms with Crippen molar-refractivity contribution in [2.45, 2.75) is 12.5 Å². The molecular weight excluding hydrogens is 197 g/mol. The molecule has 1 aromatic carbocycles. The summed E-state index contributed by atoms with van der Waals surface area (Å²) in [7, 11) is 0. The molecule has 0 aliphatic heterocycles. The first-order valence-electron chi connectivity index (χ1n) is 4.37. The van der Waals surface area contributed by atoms with E-state index < -0.39 is 11.9 Å². The van der Waals surface area contributed by atoms with Crippen molar-refractivity contribution in [3.05, 3.63) is 29.7 Å². The van der Waals surface area contributed by atoms with Gasteiger partial charge in [-0.1, -0.05) is 5.16 Å². The molecule has 3 nitrogen and oxygen atoms in total. The second-order valence-electron chi connectivity index (χ2n) is 3.17. The molecule has 0 bridgehead atoms. The predicted molar refractivity (Wildman–Crippen MR) is 52.4 cm³/mol. The van der Waals surface area contributed by atoms with E-state index in [9.17, 15) is 9.50 Å². The third-order valence-corrected chi connectivity index (χ3v) is 2.13. The highest BCUT2D eigenvalue weighted by atomic mass is 19.1. The van der Waals surface area contributed by atoms with Gasteiger partial charge in [-0.25, -0.2) is 4.39 Å². The van der Waals surface area contributed by atoms with Gasteiger partial charge in [0.1, 0.15) is 0 Å². The number of aromatic nitrogens is 1. The van der Waals surface area contributed by atoms with Crippen molar-refractivity contribution in [1.82, 2.24) is 5.16 Å². The molecule has 2 rings (SSSR count). The van der Waals surface area contributed by atoms with Crippen LogP contribution in [0.3, 0.4) is 0 Å². The molecule has 1 N–H and O–H groups in total. The smallest absolute Gasteiger partial charge is 0.202 e. The third kappa shape index (κ3) is 1.69. The van der Waals surface area contributed by atoms with Crippen molar-refractivity contribution in [2.24, 2.45) is 0 Å². The molecule has 2 aromatic rings. The van der Waals surface area contributed by atoms with E-state index in [0.717, 1.165) is 0 Å². The van der Waals surface area contributed by atoms with Crippen molar-refractivity contribution in [1.29, 1.82) is 0 Å². The summed E-state index contributed by atoms with van der Waals surface area (Å²) in [6.07, 6.45) is 5.75. The van der Waals surface area contributed by atoms with Gasteiger partial charge in [-0.15, -0.1) is 12.3 Å². The lowest BCUT2D eigenvalue weighted by Crippen LogP contribution is -1.96. The number of rotatable bonds is 2. The standard InChI is InChI=1S/C11H8FNO2/c1-2-3-10(14)7-4-8-6-13-15-11(8)9(12)5-7/h1,4-6,10,14H,3H2. The van der Waals surface area contributed by atoms with Gasteiger partial charge in [-0.2, -0.15) is 0 Å². The first-order valence-corrected chi connectivity index (χ1v) is 4.37. The summed E-state index contributed by atoms with van der Waals surface area (Å²) in [4.78, 5) is 0. The molecule has 0 spiro atoms. The van der Waals surface area contributed by atoms with E-state index in [4.69, 9.17) is 10.9 Å². The average Bonchev–Trinajstić information content (AvgIpc) is 2.66. The number of aliphatic hydroxyl groups is 1. The molecular formula is C11H8FNO2. The second-order valence-corrected chi connectivity index (χ2v) is 3.17. The molecule has 1 heterocycles. The Morgan fingerprint density at radius 3 is 3.13 bits per heavy atom. The minimum Gasteiger partial charge on any atom is -0.387 e. The van der Waals surface area contributed by atoms with Gasteiger partial charge >= 0.3 is 0 Å². The van der Waals surface area contributed by atoms with Gasteiger partial charge < -0.3 is 9.63 Å². The largest absolute Gasteiger partial charge is 0.387 e. The van der Waals surface area contributed by atoms with Gasteiger partial charge in [0.15, 0.2) is 5.82 Å². The van der Waals surface area contributed by atoms with Gasteiger partial charge in [-0.05, 0) is 17.7 Å². The highest BCUT2D eigenvalue weighted by Gasteiger charge is 2.12. The lowest BCUT2D eigenvalue weighted by Gasteiger charge is -2.06. The molecule has 1 aromatic heterocycles. The molecule has 0 fully saturated rings. The lowest BCUT2D eigenvalue weighted by molar-refractivity contribution is 0.184. The molecule has 15 heavy (non-hydrogen) atoms. The molecule has 76 valence electrons. The van der Waals surface area contributed by atoms with Gasteiger partial charge in [0, 0.05) is 11.8 Å². The maximum Gasteiger partial charge on any atom is 0.202 e. The van der Waals surface area contributed by atoms with Crippen molar-refractivity contribution in [3.63, 3.8) is 0 Å². The predicted octanol–water partition coefficient (Wildman–Crippen LogP) is 2.02. The van der Waals surface area contributed by atoms with Crippen LogP contribution in [0.25, 0.3) is 11.0 Å². The summed E-state index contributed by atoms with van der Waals surface area (Å²) in [6.45, 7) is 0. The average molecular weight is 205 g/mol. The summed E-state index contributed by atoms with van der Waals surface area (Å²) in [5, 5.41) is 13.6. The van der Waals surface area contributed by atoms with E-state index in [2.05, 4.69) is 11.1 Å². The zero-order chi connectivity index (χ0) is 10.8. The fourth-order valence-electron chi connectivity index (χ4n) is 1.39. The molecule has 0 saturated heterocycles. The van der Waals surface area contributed by atoms with Crippen LogP contribution in [0.1, 0.15) is 18.1 Å². The lowest BCUT2D eigenvalue weighted by atomic mass is 10.1. The number of aliphatic hydroxyl groups excluding tert-OH is 1. The number of halogens is 1. The second kappa shape index (κ2) is 3.71. The van der Waals surface area contributed by atoms with Crippen molar-refractivity contribution < 1.29 is 14.0 Å². The minimum absolute atomic E-state index is 0.0895. The maximum absolute atomic E-state index is 13.4. The highest BCUT2D eigenvalue weighted by molar-refractivity contribution is 5.77. The molecule has 0 saturated carbocycles. The van der Waals surface area contributed by atoms with E-state index in [1.54, 1.807) is 6.07 Å². The number of fused-ring (bicyclic) bond motifs is 1. The highest BCUT2D eigenvalue weighted by Crippen LogP contribution is 2.24. The summed E-state index contributed by atoms with van der Waals surface area (Å²) in [5.41, 5.74) is 0.521. The van der Waals surface area contributed by atoms with Crippen LogP contribution < -0.4 is 0 Å². The monoisotopic (exact) mass is 205 g/mol. The van der Waals surface area contributed by atoms with Crippen LogP contribution in [0, 0.1) is 18.2 Å². The Balaban J connectivity index is 2.50. The first kappa shape index (κ1) is 9.69. The maximum atomic E-state index is 13.4. The Bertz CT molecular complexity index is 527. The quantitative estimate of drug-likeness (QED) is 0.763. The fraction of sp³-hybridized carbons (Fsp3) is 0.182. The Morgan fingerprint density at radius 1 is 1.60 bits per heavy atom. The minimum atomic E-state index is -0.858. The zero-order valence-corrected chi connectivity index (χ0v) is 7.77. The van der Waals surface area contributed by atoms with Crippen LogP contribution >= 0.6 is 0 Å². The van der Waals surface area contributed by atoms with Crippen LogP contribution in [-0.2, 0) is 0 Å². The topological polar surface area (TPSA) is 46.3 Å². The van der Waals surface area contributed by atoms with E-state index >= 15 is 0 Å². The summed E-state index contributed by atoms with van der Waals surface area (Å²) in [5.74, 6) is 1.77. The molecule has 1 atom stereocenters. The molecule has 0 aliphatic rings. The molecule has 1 unspecified atom stereocenters. The van der Waals surface area contributed by atoms with Crippen molar-refractivity contribution in [3.8, 4) is 12.3 Å². The Labute approximate surface area is 85.5 Å². The van der Waals surface area contributed by atoms with Crippen LogP contribution in [-0.4, -0.2) is 10.3 Å². The van der Waals surface area contributed by atoms with Crippen LogP contribution in [0.5, 0.6) is 0 Å².